The Morgan fingerprint density at radius 3 is 2.53 bits per heavy atom. The summed E-state index contributed by atoms with van der Waals surface area (Å²) in [6.45, 7) is 3.10. The van der Waals surface area contributed by atoms with Crippen molar-refractivity contribution in [2.45, 2.75) is 30.7 Å². The van der Waals surface area contributed by atoms with Gasteiger partial charge in [-0.1, -0.05) is 41.9 Å². The smallest absolute Gasteiger partial charge is 0.241 e. The summed E-state index contributed by atoms with van der Waals surface area (Å²) >= 11 is 6.13. The molecular formula is C21H27ClN2O5S. The number of hydrogen-bond donors (Lipinski definition) is 2. The Morgan fingerprint density at radius 2 is 1.90 bits per heavy atom. The van der Waals surface area contributed by atoms with Gasteiger partial charge < -0.3 is 14.8 Å². The zero-order chi connectivity index (χ0) is 22.0. The fourth-order valence-corrected chi connectivity index (χ4v) is 4.29. The summed E-state index contributed by atoms with van der Waals surface area (Å²) in [5.41, 5.74) is 0.835. The fourth-order valence-electron chi connectivity index (χ4n) is 2.77. The van der Waals surface area contributed by atoms with E-state index in [1.54, 1.807) is 7.11 Å². The molecule has 7 nitrogen and oxygen atoms in total. The van der Waals surface area contributed by atoms with Crippen LogP contribution in [0.5, 0.6) is 5.75 Å². The minimum absolute atomic E-state index is 0.0406. The first-order valence-corrected chi connectivity index (χ1v) is 11.5. The summed E-state index contributed by atoms with van der Waals surface area (Å²) < 4.78 is 38.7. The van der Waals surface area contributed by atoms with Crippen molar-refractivity contribution in [2.24, 2.45) is 0 Å². The third-order valence-corrected chi connectivity index (χ3v) is 6.00. The minimum atomic E-state index is -3.99. The van der Waals surface area contributed by atoms with Crippen LogP contribution in [0, 0.1) is 0 Å². The van der Waals surface area contributed by atoms with Crippen molar-refractivity contribution in [3.63, 3.8) is 0 Å². The van der Waals surface area contributed by atoms with Gasteiger partial charge in [-0.15, -0.1) is 0 Å². The molecule has 2 rings (SSSR count). The first kappa shape index (κ1) is 24.1. The number of nitrogens with one attached hydrogen (secondary N) is 2. The number of ether oxygens (including phenoxy) is 2. The van der Waals surface area contributed by atoms with Crippen LogP contribution in [0.25, 0.3) is 0 Å². The molecular weight excluding hydrogens is 428 g/mol. The van der Waals surface area contributed by atoms with Crippen LogP contribution in [0.2, 0.25) is 5.02 Å². The van der Waals surface area contributed by atoms with E-state index >= 15 is 0 Å². The molecule has 0 spiro atoms. The monoisotopic (exact) mass is 454 g/mol. The second kappa shape index (κ2) is 11.9. The van der Waals surface area contributed by atoms with Crippen LogP contribution in [0.1, 0.15) is 18.9 Å². The van der Waals surface area contributed by atoms with Gasteiger partial charge in [0.05, 0.1) is 16.5 Å². The molecule has 0 aliphatic heterocycles. The van der Waals surface area contributed by atoms with Crippen molar-refractivity contribution in [1.82, 2.24) is 10.0 Å². The third kappa shape index (κ3) is 7.28. The van der Waals surface area contributed by atoms with E-state index in [0.717, 1.165) is 5.56 Å². The second-order valence-corrected chi connectivity index (χ2v) is 8.65. The van der Waals surface area contributed by atoms with Gasteiger partial charge in [-0.2, -0.15) is 4.72 Å². The van der Waals surface area contributed by atoms with Gasteiger partial charge in [0.2, 0.25) is 15.9 Å². The van der Waals surface area contributed by atoms with Crippen LogP contribution in [-0.2, 0) is 26.0 Å². The summed E-state index contributed by atoms with van der Waals surface area (Å²) in [6, 6.07) is 12.4. The minimum Gasteiger partial charge on any atom is -0.492 e. The Kier molecular flexibility index (Phi) is 9.58. The molecule has 2 aromatic carbocycles. The summed E-state index contributed by atoms with van der Waals surface area (Å²) in [5.74, 6) is -0.00889. The molecule has 0 aromatic heterocycles. The van der Waals surface area contributed by atoms with Crippen LogP contribution in [0.4, 0.5) is 0 Å². The number of methoxy groups -OCH3 is 1. The molecule has 0 aliphatic carbocycles. The summed E-state index contributed by atoms with van der Waals surface area (Å²) in [6.07, 6.45) is 0.836. The Bertz CT molecular complexity index is 922. The average Bonchev–Trinajstić information content (AvgIpc) is 2.72. The van der Waals surface area contributed by atoms with Gasteiger partial charge in [-0.05, 0) is 43.5 Å². The normalized spacial score (nSPS) is 12.4. The van der Waals surface area contributed by atoms with E-state index in [9.17, 15) is 13.2 Å². The Hall–Kier alpha value is -2.13. The number of carbonyl (C=O) groups is 1. The molecule has 0 heterocycles. The quantitative estimate of drug-likeness (QED) is 0.481. The number of rotatable bonds is 12. The number of benzene rings is 2. The van der Waals surface area contributed by atoms with Crippen molar-refractivity contribution in [3.05, 3.63) is 59.1 Å². The molecule has 0 saturated heterocycles. The lowest BCUT2D eigenvalue weighted by molar-refractivity contribution is -0.122. The molecule has 0 bridgehead atoms. The van der Waals surface area contributed by atoms with E-state index in [0.29, 0.717) is 31.9 Å². The van der Waals surface area contributed by atoms with Gasteiger partial charge in [0.15, 0.2) is 0 Å². The van der Waals surface area contributed by atoms with Crippen molar-refractivity contribution >= 4 is 27.5 Å². The van der Waals surface area contributed by atoms with Gasteiger partial charge in [0, 0.05) is 20.3 Å². The highest BCUT2D eigenvalue weighted by molar-refractivity contribution is 7.89. The van der Waals surface area contributed by atoms with E-state index in [4.69, 9.17) is 21.1 Å². The van der Waals surface area contributed by atoms with Crippen molar-refractivity contribution < 1.29 is 22.7 Å². The first-order valence-electron chi connectivity index (χ1n) is 9.62. The Balaban J connectivity index is 2.20. The van der Waals surface area contributed by atoms with E-state index in [2.05, 4.69) is 10.0 Å². The lowest BCUT2D eigenvalue weighted by Crippen LogP contribution is -2.48. The Labute approximate surface area is 182 Å². The van der Waals surface area contributed by atoms with Gasteiger partial charge in [-0.3, -0.25) is 4.79 Å². The molecule has 0 aliphatic rings. The van der Waals surface area contributed by atoms with Crippen molar-refractivity contribution in [3.8, 4) is 5.75 Å². The number of halogens is 1. The molecule has 1 unspecified atom stereocenters. The molecule has 2 aromatic rings. The van der Waals surface area contributed by atoms with Crippen LogP contribution in [0.15, 0.2) is 53.4 Å². The highest BCUT2D eigenvalue weighted by atomic mass is 35.5. The van der Waals surface area contributed by atoms with E-state index in [1.807, 2.05) is 37.3 Å². The zero-order valence-electron chi connectivity index (χ0n) is 17.1. The maximum Gasteiger partial charge on any atom is 0.241 e. The van der Waals surface area contributed by atoms with E-state index < -0.39 is 22.0 Å². The predicted molar refractivity (Wildman–Crippen MR) is 116 cm³/mol. The molecule has 0 saturated carbocycles. The number of sulfonamides is 1. The topological polar surface area (TPSA) is 93.7 Å². The average molecular weight is 455 g/mol. The highest BCUT2D eigenvalue weighted by Crippen LogP contribution is 2.27. The maximum atomic E-state index is 12.9. The Morgan fingerprint density at radius 1 is 1.17 bits per heavy atom. The summed E-state index contributed by atoms with van der Waals surface area (Å²) in [5, 5.41) is 2.94. The third-order valence-electron chi connectivity index (χ3n) is 4.23. The van der Waals surface area contributed by atoms with Crippen LogP contribution < -0.4 is 14.8 Å². The maximum absolute atomic E-state index is 12.9. The predicted octanol–water partition coefficient (Wildman–Crippen LogP) is 2.78. The first-order chi connectivity index (χ1) is 14.4. The molecule has 2 N–H and O–H groups in total. The van der Waals surface area contributed by atoms with Crippen molar-refractivity contribution in [2.75, 3.05) is 26.9 Å². The lowest BCUT2D eigenvalue weighted by Gasteiger charge is -2.19. The van der Waals surface area contributed by atoms with Crippen molar-refractivity contribution in [1.29, 1.82) is 0 Å². The second-order valence-electron chi connectivity index (χ2n) is 6.53. The molecule has 9 heteroatoms. The molecule has 30 heavy (non-hydrogen) atoms. The largest absolute Gasteiger partial charge is 0.492 e. The lowest BCUT2D eigenvalue weighted by atomic mass is 10.1. The summed E-state index contributed by atoms with van der Waals surface area (Å²) in [4.78, 5) is 12.7. The number of carbonyl (C=O) groups excluding carboxylic acids is 1. The van der Waals surface area contributed by atoms with E-state index in [1.165, 1.54) is 18.2 Å². The van der Waals surface area contributed by atoms with Gasteiger partial charge in [0.25, 0.3) is 0 Å². The molecule has 1 amide bonds. The molecule has 164 valence electrons. The molecule has 0 fully saturated rings. The van der Waals surface area contributed by atoms with Crippen LogP contribution >= 0.6 is 11.6 Å². The molecule has 0 radical (unpaired) electrons. The number of amides is 1. The van der Waals surface area contributed by atoms with E-state index in [-0.39, 0.29) is 16.3 Å². The zero-order valence-corrected chi connectivity index (χ0v) is 18.6. The summed E-state index contributed by atoms with van der Waals surface area (Å²) in [7, 11) is -2.41. The standard InChI is InChI=1S/C21H27ClN2O5S/c1-3-29-20-11-10-17(15-18(20)22)30(26,27)24-19(14-16-8-5-4-6-9-16)21(25)23-12-7-13-28-2/h4-6,8-11,15,19,24H,3,7,12-14H2,1-2H3,(H,23,25). The number of hydrogen-bond acceptors (Lipinski definition) is 5. The van der Waals surface area contributed by atoms with Crippen LogP contribution in [0.3, 0.4) is 0 Å². The van der Waals surface area contributed by atoms with Crippen LogP contribution in [-0.4, -0.2) is 47.2 Å². The fraction of sp³-hybridized carbons (Fsp3) is 0.381. The van der Waals surface area contributed by atoms with Gasteiger partial charge >= 0.3 is 0 Å². The SMILES string of the molecule is CCOc1ccc(S(=O)(=O)NC(Cc2ccccc2)C(=O)NCCCOC)cc1Cl. The molecule has 1 atom stereocenters. The van der Waals surface area contributed by atoms with Gasteiger partial charge in [0.1, 0.15) is 11.8 Å². The van der Waals surface area contributed by atoms with Gasteiger partial charge in [-0.25, -0.2) is 8.42 Å². The highest BCUT2D eigenvalue weighted by Gasteiger charge is 2.26.